The third kappa shape index (κ3) is 26.4. The molecule has 0 aliphatic rings. The predicted octanol–water partition coefficient (Wildman–Crippen LogP) is 5.51. The van der Waals surface area contributed by atoms with Crippen LogP contribution in [-0.4, -0.2) is 26.7 Å². The van der Waals surface area contributed by atoms with Crippen LogP contribution < -0.4 is 0 Å². The highest BCUT2D eigenvalue weighted by Crippen LogP contribution is 2.12. The molecule has 0 spiro atoms. The molecule has 1 aromatic rings. The van der Waals surface area contributed by atoms with Crippen molar-refractivity contribution in [3.8, 4) is 0 Å². The fraction of sp³-hybridized carbons (Fsp3) is 0.143. The number of rotatable bonds is 4. The Morgan fingerprint density at radius 3 is 1.35 bits per heavy atom. The van der Waals surface area contributed by atoms with Crippen molar-refractivity contribution in [2.24, 2.45) is 0 Å². The molecule has 0 atom stereocenters. The summed E-state index contributed by atoms with van der Waals surface area (Å²) in [5, 5.41) is 8.43. The van der Waals surface area contributed by atoms with Crippen molar-refractivity contribution in [3.63, 3.8) is 0 Å². The summed E-state index contributed by atoms with van der Waals surface area (Å²) < 4.78 is 27.3. The van der Waals surface area contributed by atoms with Crippen LogP contribution in [0.2, 0.25) is 0 Å². The van der Waals surface area contributed by atoms with Crippen LogP contribution >= 0.6 is 0 Å². The van der Waals surface area contributed by atoms with E-state index in [1.54, 1.807) is 12.1 Å². The molecule has 0 unspecified atom stereocenters. The van der Waals surface area contributed by atoms with Gasteiger partial charge in [-0.2, -0.15) is 8.42 Å². The Labute approximate surface area is 162 Å². The zero-order valence-corrected chi connectivity index (χ0v) is 17.1. The average molecular weight is 385 g/mol. The zero-order valence-electron chi connectivity index (χ0n) is 16.3. The third-order valence-electron chi connectivity index (χ3n) is 1.64. The summed E-state index contributed by atoms with van der Waals surface area (Å²) >= 11 is 0. The Balaban J connectivity index is -0.0000000708. The molecule has 26 heavy (non-hydrogen) atoms. The minimum absolute atomic E-state index is 0.108. The molecule has 0 aliphatic heterocycles. The molecule has 1 N–H and O–H groups in total. The van der Waals surface area contributed by atoms with E-state index in [0.29, 0.717) is 0 Å². The van der Waals surface area contributed by atoms with E-state index in [1.165, 1.54) is 12.1 Å². The molecular weight excluding hydrogens is 348 g/mol. The summed E-state index contributed by atoms with van der Waals surface area (Å²) in [5.41, 5.74) is 0.978. The smallest absolute Gasteiger partial charge is 0.297 e. The van der Waals surface area contributed by atoms with Gasteiger partial charge in [0.15, 0.2) is 0 Å². The largest absolute Gasteiger partial charge is 0.394 e. The van der Waals surface area contributed by atoms with Crippen molar-refractivity contribution in [1.29, 1.82) is 0 Å². The van der Waals surface area contributed by atoms with Gasteiger partial charge in [-0.25, -0.2) is 0 Å². The number of aryl methyl sites for hydroxylation is 1. The molecule has 4 nitrogen and oxygen atoms in total. The molecule has 150 valence electrons. The molecule has 0 saturated heterocycles. The molecule has 0 heterocycles. The maximum Gasteiger partial charge on any atom is 0.297 e. The Kier molecular flexibility index (Phi) is 57.1. The number of hydrogen-bond donors (Lipinski definition) is 1. The monoisotopic (exact) mass is 384 g/mol. The van der Waals surface area contributed by atoms with Crippen molar-refractivity contribution in [2.45, 2.75) is 11.8 Å². The Bertz CT molecular complexity index is 452. The summed E-state index contributed by atoms with van der Waals surface area (Å²) in [6.07, 6.45) is 0. The van der Waals surface area contributed by atoms with Crippen molar-refractivity contribution in [1.82, 2.24) is 0 Å². The standard InChI is InChI=1S/C9H12O4S.6C2H4/c1-8-2-4-9(5-3-8)14(11,12)13-7-6-10;6*1-2/h2-5,10H,6-7H2,1H3;6*1-2H2. The van der Waals surface area contributed by atoms with Crippen LogP contribution in [0.5, 0.6) is 0 Å². The minimum Gasteiger partial charge on any atom is -0.394 e. The highest BCUT2D eigenvalue weighted by molar-refractivity contribution is 7.86. The second-order valence-electron chi connectivity index (χ2n) is 2.81. The second-order valence-corrected chi connectivity index (χ2v) is 4.43. The van der Waals surface area contributed by atoms with Crippen LogP contribution in [0.3, 0.4) is 0 Å². The van der Waals surface area contributed by atoms with Gasteiger partial charge in [-0.3, -0.25) is 4.18 Å². The first-order valence-electron chi connectivity index (χ1n) is 7.13. The number of aliphatic hydroxyl groups excluding tert-OH is 1. The van der Waals surface area contributed by atoms with Crippen LogP contribution in [0.25, 0.3) is 0 Å². The predicted molar refractivity (Wildman–Crippen MR) is 119 cm³/mol. The number of aliphatic hydroxyl groups is 1. The lowest BCUT2D eigenvalue weighted by Crippen LogP contribution is -2.09. The molecule has 1 rings (SSSR count). The fourth-order valence-electron chi connectivity index (χ4n) is 0.920. The van der Waals surface area contributed by atoms with Crippen molar-refractivity contribution in [2.75, 3.05) is 13.2 Å². The molecule has 0 fully saturated rings. The van der Waals surface area contributed by atoms with Gasteiger partial charge < -0.3 is 5.11 Å². The van der Waals surface area contributed by atoms with Crippen LogP contribution in [-0.2, 0) is 14.3 Å². The number of benzene rings is 1. The summed E-state index contributed by atoms with van der Waals surface area (Å²) in [6, 6.07) is 6.33. The van der Waals surface area contributed by atoms with E-state index in [9.17, 15) is 8.42 Å². The second kappa shape index (κ2) is 38.2. The molecule has 0 amide bonds. The zero-order chi connectivity index (χ0) is 22.6. The van der Waals surface area contributed by atoms with E-state index in [0.717, 1.165) is 5.56 Å². The van der Waals surface area contributed by atoms with Gasteiger partial charge in [0, 0.05) is 0 Å². The maximum atomic E-state index is 11.4. The van der Waals surface area contributed by atoms with Crippen molar-refractivity contribution in [3.05, 3.63) is 109 Å². The lowest BCUT2D eigenvalue weighted by atomic mass is 10.2. The first-order chi connectivity index (χ1) is 12.6. The first-order valence-corrected chi connectivity index (χ1v) is 8.54. The van der Waals surface area contributed by atoms with E-state index in [2.05, 4.69) is 83.1 Å². The number of hydrogen-bond acceptors (Lipinski definition) is 4. The normalized spacial score (nSPS) is 7.15. The molecular formula is C21H36O4S. The first kappa shape index (κ1) is 38.9. The summed E-state index contributed by atoms with van der Waals surface area (Å²) in [5.74, 6) is 0. The van der Waals surface area contributed by atoms with Gasteiger partial charge >= 0.3 is 0 Å². The highest BCUT2D eigenvalue weighted by atomic mass is 32.2. The van der Waals surface area contributed by atoms with Crippen LogP contribution in [0, 0.1) is 6.92 Å². The third-order valence-corrected chi connectivity index (χ3v) is 2.97. The van der Waals surface area contributed by atoms with Crippen molar-refractivity contribution >= 4 is 10.1 Å². The molecule has 0 radical (unpaired) electrons. The topological polar surface area (TPSA) is 63.6 Å². The van der Waals surface area contributed by atoms with E-state index in [4.69, 9.17) is 5.11 Å². The molecule has 1 aromatic carbocycles. The molecule has 5 heteroatoms. The summed E-state index contributed by atoms with van der Waals surface area (Å²) in [7, 11) is -3.70. The minimum atomic E-state index is -3.70. The van der Waals surface area contributed by atoms with Gasteiger partial charge in [0.2, 0.25) is 0 Å². The quantitative estimate of drug-likeness (QED) is 0.549. The van der Waals surface area contributed by atoms with Crippen molar-refractivity contribution < 1.29 is 17.7 Å². The van der Waals surface area contributed by atoms with E-state index >= 15 is 0 Å². The fourth-order valence-corrected chi connectivity index (χ4v) is 1.82. The summed E-state index contributed by atoms with van der Waals surface area (Å²) in [6.45, 7) is 37.3. The lowest BCUT2D eigenvalue weighted by Gasteiger charge is -2.03. The van der Waals surface area contributed by atoms with Gasteiger partial charge in [0.05, 0.1) is 18.1 Å². The van der Waals surface area contributed by atoms with E-state index in [1.807, 2.05) is 6.92 Å². The SMILES string of the molecule is C=C.C=C.C=C.C=C.C=C.C=C.Cc1ccc(S(=O)(=O)OCCO)cc1. The van der Waals surface area contributed by atoms with Crippen LogP contribution in [0.1, 0.15) is 5.56 Å². The van der Waals surface area contributed by atoms with Gasteiger partial charge in [-0.05, 0) is 19.1 Å². The molecule has 0 saturated carbocycles. The molecule has 0 aromatic heterocycles. The average Bonchev–Trinajstić information content (AvgIpc) is 2.75. The molecule has 0 bridgehead atoms. The van der Waals surface area contributed by atoms with Gasteiger partial charge in [0.1, 0.15) is 0 Å². The van der Waals surface area contributed by atoms with Gasteiger partial charge in [-0.15, -0.1) is 78.9 Å². The Morgan fingerprint density at radius 2 is 1.08 bits per heavy atom. The summed E-state index contributed by atoms with van der Waals surface area (Å²) in [4.78, 5) is 0.108. The van der Waals surface area contributed by atoms with E-state index in [-0.39, 0.29) is 18.1 Å². The van der Waals surface area contributed by atoms with Gasteiger partial charge in [0.25, 0.3) is 10.1 Å². The van der Waals surface area contributed by atoms with Crippen LogP contribution in [0.4, 0.5) is 0 Å². The van der Waals surface area contributed by atoms with E-state index < -0.39 is 10.1 Å². The lowest BCUT2D eigenvalue weighted by molar-refractivity contribution is 0.205. The van der Waals surface area contributed by atoms with Crippen LogP contribution in [0.15, 0.2) is 108 Å². The Hall–Kier alpha value is -2.47. The Morgan fingerprint density at radius 1 is 0.769 bits per heavy atom. The highest BCUT2D eigenvalue weighted by Gasteiger charge is 2.13. The maximum absolute atomic E-state index is 11.4. The molecule has 0 aliphatic carbocycles. The van der Waals surface area contributed by atoms with Gasteiger partial charge in [-0.1, -0.05) is 17.7 Å².